The maximum absolute atomic E-state index is 14.8. The summed E-state index contributed by atoms with van der Waals surface area (Å²) in [4.78, 5) is 37.4. The average Bonchev–Trinajstić information content (AvgIpc) is 2.85. The fourth-order valence-electron chi connectivity index (χ4n) is 4.44. The van der Waals surface area contributed by atoms with E-state index in [1.165, 1.54) is 6.07 Å². The summed E-state index contributed by atoms with van der Waals surface area (Å²) in [6, 6.07) is 9.65. The number of nitrogens with zero attached hydrogens (tertiary/aromatic N) is 4. The Hall–Kier alpha value is -4.12. The second-order valence-corrected chi connectivity index (χ2v) is 8.94. The first-order valence-corrected chi connectivity index (χ1v) is 11.9. The van der Waals surface area contributed by atoms with Gasteiger partial charge in [-0.1, -0.05) is 31.2 Å². The van der Waals surface area contributed by atoms with E-state index in [4.69, 9.17) is 10.7 Å². The van der Waals surface area contributed by atoms with Crippen LogP contribution in [0.25, 0.3) is 0 Å². The van der Waals surface area contributed by atoms with Gasteiger partial charge in [0.2, 0.25) is 11.9 Å². The van der Waals surface area contributed by atoms with E-state index in [1.54, 1.807) is 24.3 Å². The van der Waals surface area contributed by atoms with Gasteiger partial charge in [0.15, 0.2) is 5.82 Å². The van der Waals surface area contributed by atoms with Crippen molar-refractivity contribution in [2.24, 2.45) is 5.73 Å². The van der Waals surface area contributed by atoms with E-state index in [0.717, 1.165) is 17.0 Å². The first-order chi connectivity index (χ1) is 17.7. The van der Waals surface area contributed by atoms with Crippen LogP contribution < -0.4 is 21.3 Å². The lowest BCUT2D eigenvalue weighted by Gasteiger charge is -2.32. The van der Waals surface area contributed by atoms with E-state index >= 15 is 0 Å². The number of amides is 3. The molecule has 3 aromatic rings. The zero-order valence-electron chi connectivity index (χ0n) is 20.9. The van der Waals surface area contributed by atoms with Crippen LogP contribution >= 0.6 is 0 Å². The summed E-state index contributed by atoms with van der Waals surface area (Å²) in [5, 5.41) is 5.83. The molecule has 2 aromatic carbocycles. The summed E-state index contributed by atoms with van der Waals surface area (Å²) in [5.74, 6) is -2.53. The van der Waals surface area contributed by atoms with Gasteiger partial charge in [0.05, 0.1) is 12.2 Å². The maximum Gasteiger partial charge on any atom is 0.328 e. The minimum Gasteiger partial charge on any atom is -0.366 e. The molecular formula is C26H29F2N7O2. The zero-order chi connectivity index (χ0) is 26.7. The number of likely N-dealkylation sites (N-methyl/N-ethyl adjacent to an activating group) is 1. The van der Waals surface area contributed by atoms with Gasteiger partial charge in [-0.05, 0) is 44.3 Å². The van der Waals surface area contributed by atoms with Gasteiger partial charge in [0.25, 0.3) is 0 Å². The van der Waals surface area contributed by atoms with E-state index in [0.29, 0.717) is 41.9 Å². The molecule has 1 atom stereocenters. The molecule has 4 N–H and O–H groups in total. The number of para-hydroxylation sites is 1. The van der Waals surface area contributed by atoms with Gasteiger partial charge in [-0.2, -0.15) is 4.98 Å². The zero-order valence-corrected chi connectivity index (χ0v) is 20.9. The van der Waals surface area contributed by atoms with Crippen LogP contribution in [0.5, 0.6) is 0 Å². The quantitative estimate of drug-likeness (QED) is 0.405. The minimum absolute atomic E-state index is 0.0449. The van der Waals surface area contributed by atoms with Crippen molar-refractivity contribution in [3.63, 3.8) is 0 Å². The summed E-state index contributed by atoms with van der Waals surface area (Å²) in [6.07, 6.45) is 0.535. The van der Waals surface area contributed by atoms with Crippen molar-refractivity contribution in [3.8, 4) is 0 Å². The summed E-state index contributed by atoms with van der Waals surface area (Å²) >= 11 is 0. The predicted molar refractivity (Wildman–Crippen MR) is 137 cm³/mol. The van der Waals surface area contributed by atoms with Crippen LogP contribution in [0.1, 0.15) is 46.4 Å². The Labute approximate surface area is 213 Å². The molecule has 0 radical (unpaired) electrons. The van der Waals surface area contributed by atoms with E-state index in [1.807, 2.05) is 25.9 Å². The molecule has 0 spiro atoms. The molecule has 194 valence electrons. The van der Waals surface area contributed by atoms with Crippen LogP contribution in [0, 0.1) is 11.6 Å². The number of carbonyl (C=O) groups is 2. The summed E-state index contributed by atoms with van der Waals surface area (Å²) in [6.45, 7) is 3.14. The molecule has 0 saturated carbocycles. The van der Waals surface area contributed by atoms with E-state index in [9.17, 15) is 18.4 Å². The number of anilines is 3. The third-order valence-corrected chi connectivity index (χ3v) is 6.19. The molecule has 0 saturated heterocycles. The highest BCUT2D eigenvalue weighted by molar-refractivity contribution is 6.01. The predicted octanol–water partition coefficient (Wildman–Crippen LogP) is 3.73. The van der Waals surface area contributed by atoms with Gasteiger partial charge in [-0.25, -0.2) is 23.5 Å². The highest BCUT2D eigenvalue weighted by atomic mass is 19.1. The van der Waals surface area contributed by atoms with Crippen molar-refractivity contribution in [1.82, 2.24) is 20.2 Å². The molecule has 0 fully saturated rings. The third-order valence-electron chi connectivity index (χ3n) is 6.19. The number of primary amides is 1. The molecule has 0 bridgehead atoms. The van der Waals surface area contributed by atoms with Crippen molar-refractivity contribution in [3.05, 3.63) is 76.5 Å². The molecule has 1 unspecified atom stereocenters. The molecule has 1 aromatic heterocycles. The molecule has 9 nitrogen and oxygen atoms in total. The molecule has 37 heavy (non-hydrogen) atoms. The Balaban J connectivity index is 1.94. The fourth-order valence-corrected chi connectivity index (χ4v) is 4.44. The second kappa shape index (κ2) is 10.9. The number of rotatable bonds is 9. The van der Waals surface area contributed by atoms with E-state index < -0.39 is 35.2 Å². The first kappa shape index (κ1) is 26.0. The highest BCUT2D eigenvalue weighted by Gasteiger charge is 2.35. The van der Waals surface area contributed by atoms with Crippen LogP contribution in [0.2, 0.25) is 0 Å². The van der Waals surface area contributed by atoms with Gasteiger partial charge in [-0.15, -0.1) is 0 Å². The number of urea groups is 1. The molecular weight excluding hydrogens is 480 g/mol. The Morgan fingerprint density at radius 3 is 2.51 bits per heavy atom. The number of hydrogen-bond donors (Lipinski definition) is 3. The average molecular weight is 510 g/mol. The Morgan fingerprint density at radius 1 is 1.16 bits per heavy atom. The lowest BCUT2D eigenvalue weighted by atomic mass is 9.86. The minimum atomic E-state index is -0.906. The molecule has 1 aliphatic heterocycles. The lowest BCUT2D eigenvalue weighted by Crippen LogP contribution is -2.43. The molecule has 2 heterocycles. The van der Waals surface area contributed by atoms with Gasteiger partial charge < -0.3 is 21.3 Å². The van der Waals surface area contributed by atoms with Gasteiger partial charge in [0, 0.05) is 30.1 Å². The number of aromatic nitrogens is 2. The maximum atomic E-state index is 14.8. The molecule has 3 amide bonds. The van der Waals surface area contributed by atoms with Crippen molar-refractivity contribution >= 4 is 29.4 Å². The van der Waals surface area contributed by atoms with Crippen molar-refractivity contribution in [1.29, 1.82) is 0 Å². The Kier molecular flexibility index (Phi) is 7.63. The largest absolute Gasteiger partial charge is 0.366 e. The normalized spacial score (nSPS) is 13.8. The van der Waals surface area contributed by atoms with E-state index in [2.05, 4.69) is 15.6 Å². The Morgan fingerprint density at radius 2 is 1.86 bits per heavy atom. The molecule has 1 aliphatic rings. The van der Waals surface area contributed by atoms with Gasteiger partial charge in [0.1, 0.15) is 17.3 Å². The number of benzene rings is 2. The van der Waals surface area contributed by atoms with Crippen molar-refractivity contribution in [2.45, 2.75) is 25.8 Å². The smallest absolute Gasteiger partial charge is 0.328 e. The van der Waals surface area contributed by atoms with Crippen LogP contribution in [0.15, 0.2) is 42.5 Å². The highest BCUT2D eigenvalue weighted by Crippen LogP contribution is 2.40. The number of nitrogens with one attached hydrogen (secondary N) is 2. The van der Waals surface area contributed by atoms with Gasteiger partial charge >= 0.3 is 6.03 Å². The third kappa shape index (κ3) is 5.21. The Bertz CT molecular complexity index is 1310. The van der Waals surface area contributed by atoms with E-state index in [-0.39, 0.29) is 18.3 Å². The number of hydrogen-bond acceptors (Lipinski definition) is 6. The first-order valence-electron chi connectivity index (χ1n) is 11.9. The second-order valence-electron chi connectivity index (χ2n) is 8.94. The van der Waals surface area contributed by atoms with Gasteiger partial charge in [-0.3, -0.25) is 4.79 Å². The summed E-state index contributed by atoms with van der Waals surface area (Å²) < 4.78 is 29.7. The monoisotopic (exact) mass is 509 g/mol. The number of fused-ring (bicyclic) bond motifs is 1. The van der Waals surface area contributed by atoms with Crippen LogP contribution in [0.3, 0.4) is 0 Å². The standard InChI is InChI=1S/C26H29F2N7O2/c1-4-15(16-8-5-6-9-17(16)23(29)36)21-18-14-31-26(37)35(22-19(27)10-7-11-20(22)28)24(18)33-25(32-21)30-12-13-34(2)3/h5-11,15H,4,12-14H2,1-3H3,(H2,29,36)(H,31,37)(H,30,32,33). The van der Waals surface area contributed by atoms with Crippen LogP contribution in [0.4, 0.5) is 31.0 Å². The SMILES string of the molecule is CCC(c1ccccc1C(N)=O)c1nc(NCCN(C)C)nc2c1CNC(=O)N2c1c(F)cccc1F. The van der Waals surface area contributed by atoms with Crippen molar-refractivity contribution < 1.29 is 18.4 Å². The number of carbonyl (C=O) groups excluding carboxylic acids is 2. The van der Waals surface area contributed by atoms with Crippen molar-refractivity contribution in [2.75, 3.05) is 37.4 Å². The number of halogens is 2. The fraction of sp³-hybridized carbons (Fsp3) is 0.308. The summed E-state index contributed by atoms with van der Waals surface area (Å²) in [5.41, 5.74) is 7.16. The lowest BCUT2D eigenvalue weighted by molar-refractivity contribution is 0.0999. The van der Waals surface area contributed by atoms with Crippen LogP contribution in [-0.4, -0.2) is 54.0 Å². The molecule has 4 rings (SSSR count). The topological polar surface area (TPSA) is 116 Å². The number of nitrogens with two attached hydrogens (primary N) is 1. The summed E-state index contributed by atoms with van der Waals surface area (Å²) in [7, 11) is 3.84. The molecule has 0 aliphatic carbocycles. The van der Waals surface area contributed by atoms with Crippen LogP contribution in [-0.2, 0) is 6.54 Å². The molecule has 11 heteroatoms.